The Morgan fingerprint density at radius 2 is 2.05 bits per heavy atom. The smallest absolute Gasteiger partial charge is 0.407 e. The molecule has 19 heavy (non-hydrogen) atoms. The molecule has 6 heteroatoms. The van der Waals surface area contributed by atoms with Crippen LogP contribution in [-0.2, 0) is 14.3 Å². The molecule has 1 unspecified atom stereocenters. The van der Waals surface area contributed by atoms with Gasteiger partial charge in [0.05, 0.1) is 13.7 Å². The Bertz CT molecular complexity index is 325. The first-order valence-electron chi connectivity index (χ1n) is 6.59. The molecule has 0 aromatic carbocycles. The van der Waals surface area contributed by atoms with E-state index < -0.39 is 11.7 Å². The summed E-state index contributed by atoms with van der Waals surface area (Å²) in [6.45, 7) is 7.30. The van der Waals surface area contributed by atoms with Crippen LogP contribution in [0.25, 0.3) is 0 Å². The number of methoxy groups -OCH3 is 1. The molecule has 0 spiro atoms. The Kier molecular flexibility index (Phi) is 5.60. The van der Waals surface area contributed by atoms with Gasteiger partial charge < -0.3 is 14.8 Å². The topological polar surface area (TPSA) is 67.9 Å². The molecule has 0 bridgehead atoms. The fourth-order valence-electron chi connectivity index (χ4n) is 2.10. The standard InChI is InChI=1S/C13H24N2O4/c1-13(2,3)19-11(16)9-15-7-5-6-10(8-15)14-12(17)18-4/h10H,5-9H2,1-4H3,(H,14,17). The fraction of sp³-hybridized carbons (Fsp3) is 0.846. The number of amides is 1. The summed E-state index contributed by atoms with van der Waals surface area (Å²) in [6.07, 6.45) is 1.42. The Morgan fingerprint density at radius 3 is 2.63 bits per heavy atom. The van der Waals surface area contributed by atoms with Crippen molar-refractivity contribution >= 4 is 12.1 Å². The predicted molar refractivity (Wildman–Crippen MR) is 70.8 cm³/mol. The van der Waals surface area contributed by atoms with Crippen LogP contribution in [0.15, 0.2) is 0 Å². The van der Waals surface area contributed by atoms with Gasteiger partial charge in [-0.1, -0.05) is 0 Å². The molecule has 1 heterocycles. The van der Waals surface area contributed by atoms with Gasteiger partial charge in [-0.15, -0.1) is 0 Å². The summed E-state index contributed by atoms with van der Waals surface area (Å²) < 4.78 is 9.86. The zero-order valence-electron chi connectivity index (χ0n) is 12.2. The van der Waals surface area contributed by atoms with Gasteiger partial charge in [0.2, 0.25) is 0 Å². The van der Waals surface area contributed by atoms with Crippen LogP contribution in [0.1, 0.15) is 33.6 Å². The number of likely N-dealkylation sites (tertiary alicyclic amines) is 1. The number of piperidine rings is 1. The number of carbonyl (C=O) groups is 2. The molecule has 1 amide bonds. The van der Waals surface area contributed by atoms with Crippen molar-refractivity contribution in [2.24, 2.45) is 0 Å². The first kappa shape index (κ1) is 15.8. The van der Waals surface area contributed by atoms with E-state index in [1.165, 1.54) is 7.11 Å². The number of rotatable bonds is 3. The van der Waals surface area contributed by atoms with E-state index in [1.54, 1.807) is 0 Å². The Hall–Kier alpha value is -1.30. The number of esters is 1. The number of nitrogens with zero attached hydrogens (tertiary/aromatic N) is 1. The van der Waals surface area contributed by atoms with E-state index in [4.69, 9.17) is 4.74 Å². The summed E-state index contributed by atoms with van der Waals surface area (Å²) in [7, 11) is 1.34. The van der Waals surface area contributed by atoms with Crippen molar-refractivity contribution in [2.75, 3.05) is 26.7 Å². The minimum atomic E-state index is -0.462. The normalized spacial score (nSPS) is 20.7. The highest BCUT2D eigenvalue weighted by Gasteiger charge is 2.25. The van der Waals surface area contributed by atoms with E-state index >= 15 is 0 Å². The molecule has 110 valence electrons. The molecular formula is C13H24N2O4. The number of hydrogen-bond donors (Lipinski definition) is 1. The average Bonchev–Trinajstić information content (AvgIpc) is 2.26. The van der Waals surface area contributed by atoms with Crippen molar-refractivity contribution in [1.82, 2.24) is 10.2 Å². The molecule has 1 saturated heterocycles. The SMILES string of the molecule is COC(=O)NC1CCCN(CC(=O)OC(C)(C)C)C1. The lowest BCUT2D eigenvalue weighted by Gasteiger charge is -2.32. The Balaban J connectivity index is 2.38. The molecule has 0 aromatic heterocycles. The van der Waals surface area contributed by atoms with Crippen molar-refractivity contribution in [3.8, 4) is 0 Å². The molecule has 0 saturated carbocycles. The monoisotopic (exact) mass is 272 g/mol. The molecule has 0 aliphatic carbocycles. The summed E-state index contributed by atoms with van der Waals surface area (Å²) in [5.74, 6) is -0.230. The summed E-state index contributed by atoms with van der Waals surface area (Å²) in [6, 6.07) is 0.0311. The second kappa shape index (κ2) is 6.75. The summed E-state index contributed by atoms with van der Waals surface area (Å²) in [5.41, 5.74) is -0.462. The van der Waals surface area contributed by atoms with Gasteiger partial charge >= 0.3 is 12.1 Å². The first-order chi connectivity index (χ1) is 8.80. The van der Waals surface area contributed by atoms with Crippen molar-refractivity contribution in [3.63, 3.8) is 0 Å². The maximum Gasteiger partial charge on any atom is 0.407 e. The molecule has 0 aromatic rings. The van der Waals surface area contributed by atoms with Crippen LogP contribution >= 0.6 is 0 Å². The molecule has 0 radical (unpaired) electrons. The number of carbonyl (C=O) groups excluding carboxylic acids is 2. The van der Waals surface area contributed by atoms with Crippen LogP contribution in [0.4, 0.5) is 4.79 Å². The predicted octanol–water partition coefficient (Wildman–Crippen LogP) is 1.15. The van der Waals surface area contributed by atoms with Gasteiger partial charge in [0.1, 0.15) is 5.60 Å². The molecule has 1 atom stereocenters. The highest BCUT2D eigenvalue weighted by atomic mass is 16.6. The largest absolute Gasteiger partial charge is 0.459 e. The van der Waals surface area contributed by atoms with Crippen LogP contribution in [-0.4, -0.2) is 55.3 Å². The lowest BCUT2D eigenvalue weighted by molar-refractivity contribution is -0.156. The van der Waals surface area contributed by atoms with E-state index in [-0.39, 0.29) is 18.6 Å². The third-order valence-electron chi connectivity index (χ3n) is 2.79. The van der Waals surface area contributed by atoms with Crippen LogP contribution in [0.3, 0.4) is 0 Å². The van der Waals surface area contributed by atoms with Crippen LogP contribution < -0.4 is 5.32 Å². The highest BCUT2D eigenvalue weighted by molar-refractivity contribution is 5.72. The highest BCUT2D eigenvalue weighted by Crippen LogP contribution is 2.12. The fourth-order valence-corrected chi connectivity index (χ4v) is 2.10. The number of nitrogens with one attached hydrogen (secondary N) is 1. The Labute approximate surface area is 114 Å². The molecule has 1 aliphatic rings. The van der Waals surface area contributed by atoms with Gasteiger partial charge in [-0.05, 0) is 40.2 Å². The molecular weight excluding hydrogens is 248 g/mol. The quantitative estimate of drug-likeness (QED) is 0.781. The zero-order chi connectivity index (χ0) is 14.5. The number of hydrogen-bond acceptors (Lipinski definition) is 5. The zero-order valence-corrected chi connectivity index (χ0v) is 12.2. The third-order valence-corrected chi connectivity index (χ3v) is 2.79. The summed E-state index contributed by atoms with van der Waals surface area (Å²) in [4.78, 5) is 24.9. The lowest BCUT2D eigenvalue weighted by atomic mass is 10.1. The summed E-state index contributed by atoms with van der Waals surface area (Å²) in [5, 5.41) is 2.77. The van der Waals surface area contributed by atoms with Crippen molar-refractivity contribution in [1.29, 1.82) is 0 Å². The van der Waals surface area contributed by atoms with Gasteiger partial charge in [0, 0.05) is 12.6 Å². The second-order valence-electron chi connectivity index (χ2n) is 5.80. The summed E-state index contributed by atoms with van der Waals surface area (Å²) >= 11 is 0. The minimum absolute atomic E-state index is 0.0311. The van der Waals surface area contributed by atoms with E-state index in [9.17, 15) is 9.59 Å². The molecule has 1 fully saturated rings. The minimum Gasteiger partial charge on any atom is -0.459 e. The van der Waals surface area contributed by atoms with Gasteiger partial charge in [-0.25, -0.2) is 4.79 Å². The second-order valence-corrected chi connectivity index (χ2v) is 5.80. The van der Waals surface area contributed by atoms with Crippen molar-refractivity contribution < 1.29 is 19.1 Å². The first-order valence-corrected chi connectivity index (χ1v) is 6.59. The van der Waals surface area contributed by atoms with Crippen molar-refractivity contribution in [3.05, 3.63) is 0 Å². The Morgan fingerprint density at radius 1 is 1.37 bits per heavy atom. The van der Waals surface area contributed by atoms with Gasteiger partial charge in [0.15, 0.2) is 0 Å². The van der Waals surface area contributed by atoms with E-state index in [1.807, 2.05) is 25.7 Å². The third kappa shape index (κ3) is 6.42. The molecule has 6 nitrogen and oxygen atoms in total. The maximum absolute atomic E-state index is 11.7. The van der Waals surface area contributed by atoms with E-state index in [0.29, 0.717) is 6.54 Å². The van der Waals surface area contributed by atoms with Gasteiger partial charge in [0.25, 0.3) is 0 Å². The van der Waals surface area contributed by atoms with E-state index in [0.717, 1.165) is 19.4 Å². The number of alkyl carbamates (subject to hydrolysis) is 1. The van der Waals surface area contributed by atoms with Crippen LogP contribution in [0, 0.1) is 0 Å². The molecule has 1 rings (SSSR count). The van der Waals surface area contributed by atoms with Gasteiger partial charge in [-0.2, -0.15) is 0 Å². The maximum atomic E-state index is 11.7. The molecule has 1 N–H and O–H groups in total. The van der Waals surface area contributed by atoms with Crippen LogP contribution in [0.5, 0.6) is 0 Å². The van der Waals surface area contributed by atoms with E-state index in [2.05, 4.69) is 10.1 Å². The average molecular weight is 272 g/mol. The number of ether oxygens (including phenoxy) is 2. The van der Waals surface area contributed by atoms with Crippen LogP contribution in [0.2, 0.25) is 0 Å². The molecule has 1 aliphatic heterocycles. The lowest BCUT2D eigenvalue weighted by Crippen LogP contribution is -2.49. The van der Waals surface area contributed by atoms with Crippen molar-refractivity contribution in [2.45, 2.75) is 45.3 Å². The van der Waals surface area contributed by atoms with Gasteiger partial charge in [-0.3, -0.25) is 9.69 Å².